The zero-order valence-electron chi connectivity index (χ0n) is 12.4. The molecular weight excluding hydrogens is 268 g/mol. The van der Waals surface area contributed by atoms with Gasteiger partial charge in [0.25, 0.3) is 0 Å². The Hall–Kier alpha value is -2.06. The van der Waals surface area contributed by atoms with Crippen molar-refractivity contribution in [2.24, 2.45) is 5.92 Å². The second-order valence-electron chi connectivity index (χ2n) is 5.41. The Bertz CT molecular complexity index is 561. The molecule has 0 amide bonds. The number of rotatable bonds is 7. The molecule has 1 N–H and O–H groups in total. The number of nitrogens with zero attached hydrogens (tertiary/aromatic N) is 2. The first-order valence-corrected chi connectivity index (χ1v) is 7.11. The van der Waals surface area contributed by atoms with Gasteiger partial charge in [0.15, 0.2) is 0 Å². The minimum absolute atomic E-state index is 0.140. The van der Waals surface area contributed by atoms with E-state index in [0.717, 1.165) is 5.69 Å². The first-order chi connectivity index (χ1) is 10.1. The van der Waals surface area contributed by atoms with E-state index in [4.69, 9.17) is 9.84 Å². The second kappa shape index (κ2) is 6.59. The zero-order valence-corrected chi connectivity index (χ0v) is 12.4. The standard InChI is InChI=1S/C16H20N2O3/c1-11(12-3-4-12)18(7-8-21-2)15-6-5-13(16(19)20)9-14(15)10-17/h5-6,9,11-12H,3-4,7-8H2,1-2H3,(H,19,20). The third kappa shape index (κ3) is 3.53. The maximum Gasteiger partial charge on any atom is 0.335 e. The highest BCUT2D eigenvalue weighted by Crippen LogP contribution is 2.37. The molecule has 0 aliphatic heterocycles. The monoisotopic (exact) mass is 288 g/mol. The fourth-order valence-corrected chi connectivity index (χ4v) is 2.58. The summed E-state index contributed by atoms with van der Waals surface area (Å²) in [6.45, 7) is 3.41. The van der Waals surface area contributed by atoms with E-state index in [0.29, 0.717) is 30.7 Å². The molecule has 112 valence electrons. The fraction of sp³-hybridized carbons (Fsp3) is 0.500. The summed E-state index contributed by atoms with van der Waals surface area (Å²) >= 11 is 0. The lowest BCUT2D eigenvalue weighted by Gasteiger charge is -2.32. The van der Waals surface area contributed by atoms with E-state index < -0.39 is 5.97 Å². The highest BCUT2D eigenvalue weighted by Gasteiger charge is 2.32. The first kappa shape index (κ1) is 15.3. The van der Waals surface area contributed by atoms with Crippen molar-refractivity contribution >= 4 is 11.7 Å². The van der Waals surface area contributed by atoms with Gasteiger partial charge in [0.05, 0.1) is 23.4 Å². The van der Waals surface area contributed by atoms with Crippen molar-refractivity contribution in [2.45, 2.75) is 25.8 Å². The van der Waals surface area contributed by atoms with Crippen molar-refractivity contribution in [1.82, 2.24) is 0 Å². The molecular formula is C16H20N2O3. The normalized spacial score (nSPS) is 15.3. The van der Waals surface area contributed by atoms with Crippen LogP contribution in [-0.4, -0.2) is 37.4 Å². The van der Waals surface area contributed by atoms with Crippen molar-refractivity contribution < 1.29 is 14.6 Å². The van der Waals surface area contributed by atoms with Crippen LogP contribution in [0.5, 0.6) is 0 Å². The third-order valence-corrected chi connectivity index (χ3v) is 4.01. The van der Waals surface area contributed by atoms with Gasteiger partial charge in [-0.05, 0) is 43.9 Å². The van der Waals surface area contributed by atoms with Crippen LogP contribution in [0.1, 0.15) is 35.7 Å². The van der Waals surface area contributed by atoms with Crippen LogP contribution in [0.3, 0.4) is 0 Å². The van der Waals surface area contributed by atoms with Crippen LogP contribution in [0.4, 0.5) is 5.69 Å². The van der Waals surface area contributed by atoms with Gasteiger partial charge < -0.3 is 14.7 Å². The summed E-state index contributed by atoms with van der Waals surface area (Å²) in [5.74, 6) is -0.371. The number of ether oxygens (including phenoxy) is 1. The Morgan fingerprint density at radius 3 is 2.81 bits per heavy atom. The van der Waals surface area contributed by atoms with E-state index in [2.05, 4.69) is 17.9 Å². The first-order valence-electron chi connectivity index (χ1n) is 7.11. The van der Waals surface area contributed by atoms with Crippen molar-refractivity contribution in [1.29, 1.82) is 5.26 Å². The Labute approximate surface area is 124 Å². The predicted octanol–water partition coefficient (Wildman–Crippen LogP) is 2.51. The lowest BCUT2D eigenvalue weighted by Crippen LogP contribution is -2.37. The molecule has 0 heterocycles. The number of hydrogen-bond donors (Lipinski definition) is 1. The molecule has 5 nitrogen and oxygen atoms in total. The molecule has 0 aromatic heterocycles. The molecule has 1 fully saturated rings. The van der Waals surface area contributed by atoms with Gasteiger partial charge in [-0.15, -0.1) is 0 Å². The molecule has 1 atom stereocenters. The van der Waals surface area contributed by atoms with Gasteiger partial charge in [-0.1, -0.05) is 0 Å². The zero-order chi connectivity index (χ0) is 15.4. The molecule has 1 aromatic rings. The quantitative estimate of drug-likeness (QED) is 0.834. The van der Waals surface area contributed by atoms with Crippen LogP contribution in [0.15, 0.2) is 18.2 Å². The summed E-state index contributed by atoms with van der Waals surface area (Å²) in [5.41, 5.74) is 1.33. The lowest BCUT2D eigenvalue weighted by molar-refractivity contribution is 0.0697. The summed E-state index contributed by atoms with van der Waals surface area (Å²) in [4.78, 5) is 13.2. The average Bonchev–Trinajstić information content (AvgIpc) is 3.31. The van der Waals surface area contributed by atoms with Crippen LogP contribution in [-0.2, 0) is 4.74 Å². The molecule has 21 heavy (non-hydrogen) atoms. The van der Waals surface area contributed by atoms with Gasteiger partial charge >= 0.3 is 5.97 Å². The van der Waals surface area contributed by atoms with Gasteiger partial charge in [0.1, 0.15) is 6.07 Å². The van der Waals surface area contributed by atoms with Gasteiger partial charge in [0.2, 0.25) is 0 Å². The number of nitriles is 1. The summed E-state index contributed by atoms with van der Waals surface area (Å²) in [7, 11) is 1.65. The fourth-order valence-electron chi connectivity index (χ4n) is 2.58. The Kier molecular flexibility index (Phi) is 4.81. The van der Waals surface area contributed by atoms with Gasteiger partial charge in [-0.25, -0.2) is 4.79 Å². The van der Waals surface area contributed by atoms with Crippen molar-refractivity contribution in [3.8, 4) is 6.07 Å². The Morgan fingerprint density at radius 2 is 2.29 bits per heavy atom. The van der Waals surface area contributed by atoms with Crippen molar-refractivity contribution in [3.05, 3.63) is 29.3 Å². The smallest absolute Gasteiger partial charge is 0.335 e. The molecule has 0 bridgehead atoms. The molecule has 1 aliphatic rings. The van der Waals surface area contributed by atoms with E-state index in [1.165, 1.54) is 18.9 Å². The number of hydrogen-bond acceptors (Lipinski definition) is 4. The van der Waals surface area contributed by atoms with Crippen LogP contribution in [0.2, 0.25) is 0 Å². The molecule has 0 radical (unpaired) electrons. The summed E-state index contributed by atoms with van der Waals surface area (Å²) in [6.07, 6.45) is 2.42. The number of anilines is 1. The molecule has 5 heteroatoms. The maximum atomic E-state index is 11.0. The number of methoxy groups -OCH3 is 1. The molecule has 1 unspecified atom stereocenters. The van der Waals surface area contributed by atoms with Crippen LogP contribution in [0, 0.1) is 17.2 Å². The van der Waals surface area contributed by atoms with Crippen molar-refractivity contribution in [2.75, 3.05) is 25.2 Å². The van der Waals surface area contributed by atoms with Gasteiger partial charge in [-0.3, -0.25) is 0 Å². The minimum Gasteiger partial charge on any atom is -0.478 e. The predicted molar refractivity (Wildman–Crippen MR) is 79.5 cm³/mol. The number of carbonyl (C=O) groups is 1. The average molecular weight is 288 g/mol. The second-order valence-corrected chi connectivity index (χ2v) is 5.41. The minimum atomic E-state index is -1.02. The van der Waals surface area contributed by atoms with E-state index in [-0.39, 0.29) is 5.56 Å². The topological polar surface area (TPSA) is 73.6 Å². The van der Waals surface area contributed by atoms with E-state index in [1.807, 2.05) is 0 Å². The summed E-state index contributed by atoms with van der Waals surface area (Å²) < 4.78 is 5.16. The number of aromatic carboxylic acids is 1. The molecule has 0 spiro atoms. The highest BCUT2D eigenvalue weighted by molar-refractivity contribution is 5.89. The van der Waals surface area contributed by atoms with Gasteiger partial charge in [-0.2, -0.15) is 5.26 Å². The third-order valence-electron chi connectivity index (χ3n) is 4.01. The number of benzene rings is 1. The van der Waals surface area contributed by atoms with E-state index >= 15 is 0 Å². The Morgan fingerprint density at radius 1 is 1.57 bits per heavy atom. The molecule has 1 saturated carbocycles. The molecule has 1 aromatic carbocycles. The van der Waals surface area contributed by atoms with Gasteiger partial charge in [0, 0.05) is 19.7 Å². The maximum absolute atomic E-state index is 11.0. The number of carboxylic acid groups (broad SMARTS) is 1. The van der Waals surface area contributed by atoms with E-state index in [1.54, 1.807) is 19.2 Å². The SMILES string of the molecule is COCCN(c1ccc(C(=O)O)cc1C#N)C(C)C1CC1. The summed E-state index contributed by atoms with van der Waals surface area (Å²) in [6, 6.07) is 7.17. The highest BCUT2D eigenvalue weighted by atomic mass is 16.5. The van der Waals surface area contributed by atoms with Crippen LogP contribution in [0.25, 0.3) is 0 Å². The Balaban J connectivity index is 2.34. The van der Waals surface area contributed by atoms with Crippen molar-refractivity contribution in [3.63, 3.8) is 0 Å². The van der Waals surface area contributed by atoms with Crippen LogP contribution < -0.4 is 4.90 Å². The molecule has 1 aliphatic carbocycles. The van der Waals surface area contributed by atoms with E-state index in [9.17, 15) is 10.1 Å². The lowest BCUT2D eigenvalue weighted by atomic mass is 10.1. The molecule has 0 saturated heterocycles. The summed E-state index contributed by atoms with van der Waals surface area (Å²) in [5, 5.41) is 18.4. The van der Waals surface area contributed by atoms with Crippen LogP contribution >= 0.6 is 0 Å². The largest absolute Gasteiger partial charge is 0.478 e. The number of carboxylic acids is 1. The molecule has 2 rings (SSSR count).